The van der Waals surface area contributed by atoms with Crippen molar-refractivity contribution in [1.82, 2.24) is 9.80 Å². The van der Waals surface area contributed by atoms with E-state index in [1.54, 1.807) is 9.80 Å². The second-order valence-electron chi connectivity index (χ2n) is 12.0. The van der Waals surface area contributed by atoms with E-state index in [0.717, 1.165) is 38.5 Å². The molecule has 9 heteroatoms. The molecule has 0 aromatic carbocycles. The highest BCUT2D eigenvalue weighted by Gasteiger charge is 2.62. The van der Waals surface area contributed by atoms with Gasteiger partial charge in [-0.1, -0.05) is 0 Å². The summed E-state index contributed by atoms with van der Waals surface area (Å²) in [5.74, 6) is 0.699. The summed E-state index contributed by atoms with van der Waals surface area (Å²) in [4.78, 5) is 30.3. The van der Waals surface area contributed by atoms with E-state index in [1.807, 2.05) is 20.8 Å². The predicted octanol–water partition coefficient (Wildman–Crippen LogP) is 2.85. The van der Waals surface area contributed by atoms with Crippen LogP contribution in [0.5, 0.6) is 0 Å². The lowest BCUT2D eigenvalue weighted by Gasteiger charge is -2.64. The van der Waals surface area contributed by atoms with Crippen molar-refractivity contribution in [1.29, 1.82) is 5.26 Å². The van der Waals surface area contributed by atoms with Crippen LogP contribution in [0.1, 0.15) is 72.1 Å². The number of hydrogen-bond acceptors (Lipinski definition) is 7. The largest absolute Gasteiger partial charge is 0.444 e. The lowest BCUT2D eigenvalue weighted by Crippen LogP contribution is -2.68. The number of carbonyl (C=O) groups is 2. The highest BCUT2D eigenvalue weighted by atomic mass is 16.6. The molecule has 0 radical (unpaired) electrons. The Labute approximate surface area is 208 Å². The number of amides is 2. The smallest absolute Gasteiger partial charge is 0.411 e. The monoisotopic (exact) mass is 491 g/mol. The SMILES string of the molecule is CC(C)(C)OC(=O)N(CC(=O)N1CCC[C@H]1C#N)C12CC3C[C@H](CC(OCCOCCO)(C3)C1)C2. The molecule has 0 aromatic rings. The zero-order chi connectivity index (χ0) is 25.3. The molecule has 4 aliphatic carbocycles. The fourth-order valence-electron chi connectivity index (χ4n) is 7.27. The molecule has 35 heavy (non-hydrogen) atoms. The molecule has 1 aliphatic heterocycles. The zero-order valence-corrected chi connectivity index (χ0v) is 21.5. The topological polar surface area (TPSA) is 112 Å². The Morgan fingerprint density at radius 2 is 1.86 bits per heavy atom. The number of likely N-dealkylation sites (tertiary alicyclic amines) is 1. The Bertz CT molecular complexity index is 820. The maximum absolute atomic E-state index is 13.6. The van der Waals surface area contributed by atoms with Crippen LogP contribution in [0.25, 0.3) is 0 Å². The molecule has 2 amide bonds. The molecule has 1 saturated heterocycles. The Hall–Kier alpha value is -1.89. The van der Waals surface area contributed by atoms with Gasteiger partial charge in [-0.2, -0.15) is 5.26 Å². The van der Waals surface area contributed by atoms with E-state index < -0.39 is 23.3 Å². The van der Waals surface area contributed by atoms with Crippen LogP contribution in [0.4, 0.5) is 4.79 Å². The van der Waals surface area contributed by atoms with Crippen molar-refractivity contribution in [3.63, 3.8) is 0 Å². The summed E-state index contributed by atoms with van der Waals surface area (Å²) in [6.45, 7) is 7.15. The summed E-state index contributed by atoms with van der Waals surface area (Å²) >= 11 is 0. The average molecular weight is 492 g/mol. The average Bonchev–Trinajstić information content (AvgIpc) is 3.24. The number of nitriles is 1. The van der Waals surface area contributed by atoms with Gasteiger partial charge in [-0.3, -0.25) is 9.69 Å². The van der Waals surface area contributed by atoms with E-state index in [2.05, 4.69) is 6.07 Å². The summed E-state index contributed by atoms with van der Waals surface area (Å²) in [5.41, 5.74) is -1.50. The first kappa shape index (κ1) is 26.2. The molecule has 0 spiro atoms. The van der Waals surface area contributed by atoms with Crippen molar-refractivity contribution < 1.29 is 28.9 Å². The number of carbonyl (C=O) groups excluding carboxylic acids is 2. The lowest BCUT2D eigenvalue weighted by molar-refractivity contribution is -0.202. The lowest BCUT2D eigenvalue weighted by atomic mass is 9.50. The van der Waals surface area contributed by atoms with Gasteiger partial charge in [0.2, 0.25) is 5.91 Å². The molecule has 1 heterocycles. The van der Waals surface area contributed by atoms with Crippen LogP contribution in [-0.2, 0) is 19.0 Å². The van der Waals surface area contributed by atoms with Crippen molar-refractivity contribution in [3.8, 4) is 6.07 Å². The van der Waals surface area contributed by atoms with E-state index in [9.17, 15) is 14.9 Å². The van der Waals surface area contributed by atoms with Gasteiger partial charge < -0.3 is 24.2 Å². The minimum atomic E-state index is -0.679. The van der Waals surface area contributed by atoms with Crippen LogP contribution in [0.3, 0.4) is 0 Å². The highest BCUT2D eigenvalue weighted by molar-refractivity contribution is 5.83. The third kappa shape index (κ3) is 5.76. The van der Waals surface area contributed by atoms with Gasteiger partial charge in [-0.05, 0) is 84.0 Å². The zero-order valence-electron chi connectivity index (χ0n) is 21.5. The molecule has 5 rings (SSSR count). The van der Waals surface area contributed by atoms with Gasteiger partial charge in [-0.15, -0.1) is 0 Å². The normalized spacial score (nSPS) is 33.6. The molecule has 196 valence electrons. The highest BCUT2D eigenvalue weighted by Crippen LogP contribution is 2.61. The first-order chi connectivity index (χ1) is 16.6. The molecule has 0 aromatic heterocycles. The van der Waals surface area contributed by atoms with Crippen LogP contribution in [0.15, 0.2) is 0 Å². The van der Waals surface area contributed by atoms with E-state index in [0.29, 0.717) is 51.0 Å². The number of rotatable bonds is 9. The molecule has 3 unspecified atom stereocenters. The molecule has 5 aliphatic rings. The minimum absolute atomic E-state index is 0.0129. The number of aliphatic hydroxyl groups is 1. The standard InChI is InChI=1S/C26H41N3O6/c1-24(2,3)35-23(32)29(17-22(31)28-6-4-5-21(28)16-27)25-12-19-11-20(13-25)15-26(14-19,18-25)34-10-9-33-8-7-30/h19-21,30H,4-15,17-18H2,1-3H3/t19-,20?,21-,25?,26?/m0/s1. The van der Waals surface area contributed by atoms with Crippen molar-refractivity contribution in [2.24, 2.45) is 11.8 Å². The van der Waals surface area contributed by atoms with Crippen molar-refractivity contribution in [3.05, 3.63) is 0 Å². The molecule has 1 N–H and O–H groups in total. The quantitative estimate of drug-likeness (QED) is 0.494. The van der Waals surface area contributed by atoms with Crippen molar-refractivity contribution >= 4 is 12.0 Å². The minimum Gasteiger partial charge on any atom is -0.444 e. The van der Waals surface area contributed by atoms with Gasteiger partial charge in [-0.25, -0.2) is 4.79 Å². The number of nitrogens with zero attached hydrogens (tertiary/aromatic N) is 3. The van der Waals surface area contributed by atoms with E-state index in [-0.39, 0.29) is 24.7 Å². The second-order valence-corrected chi connectivity index (χ2v) is 12.0. The van der Waals surface area contributed by atoms with Crippen LogP contribution in [0, 0.1) is 23.2 Å². The summed E-state index contributed by atoms with van der Waals surface area (Å²) in [5, 5.41) is 18.4. The van der Waals surface area contributed by atoms with Crippen molar-refractivity contribution in [2.75, 3.05) is 39.5 Å². The first-order valence-electron chi connectivity index (χ1n) is 13.1. The van der Waals surface area contributed by atoms with Gasteiger partial charge in [0, 0.05) is 6.54 Å². The molecular weight excluding hydrogens is 450 g/mol. The Kier molecular flexibility index (Phi) is 7.65. The predicted molar refractivity (Wildman–Crippen MR) is 127 cm³/mol. The molecule has 5 atom stereocenters. The molecular formula is C26H41N3O6. The maximum Gasteiger partial charge on any atom is 0.411 e. The van der Waals surface area contributed by atoms with Gasteiger partial charge >= 0.3 is 6.09 Å². The Balaban J connectivity index is 1.56. The fraction of sp³-hybridized carbons (Fsp3) is 0.885. The Morgan fingerprint density at radius 1 is 1.14 bits per heavy atom. The van der Waals surface area contributed by atoms with E-state index in [4.69, 9.17) is 19.3 Å². The van der Waals surface area contributed by atoms with E-state index in [1.165, 1.54) is 0 Å². The third-order valence-corrected chi connectivity index (χ3v) is 8.05. The van der Waals surface area contributed by atoms with Gasteiger partial charge in [0.25, 0.3) is 0 Å². The molecule has 9 nitrogen and oxygen atoms in total. The van der Waals surface area contributed by atoms with E-state index >= 15 is 0 Å². The van der Waals surface area contributed by atoms with Crippen LogP contribution in [-0.4, -0.2) is 89.2 Å². The van der Waals surface area contributed by atoms with Gasteiger partial charge in [0.1, 0.15) is 18.2 Å². The van der Waals surface area contributed by atoms with Crippen LogP contribution >= 0.6 is 0 Å². The number of aliphatic hydroxyl groups excluding tert-OH is 1. The van der Waals surface area contributed by atoms with Crippen LogP contribution in [0.2, 0.25) is 0 Å². The third-order valence-electron chi connectivity index (χ3n) is 8.05. The van der Waals surface area contributed by atoms with Gasteiger partial charge in [0.15, 0.2) is 0 Å². The number of hydrogen-bond donors (Lipinski definition) is 1. The summed E-state index contributed by atoms with van der Waals surface area (Å²) in [6, 6.07) is 1.81. The summed E-state index contributed by atoms with van der Waals surface area (Å²) in [6.07, 6.45) is 6.47. The first-order valence-corrected chi connectivity index (χ1v) is 13.1. The fourth-order valence-corrected chi connectivity index (χ4v) is 7.27. The summed E-state index contributed by atoms with van der Waals surface area (Å²) in [7, 11) is 0. The molecule has 4 bridgehead atoms. The van der Waals surface area contributed by atoms with Gasteiger partial charge in [0.05, 0.1) is 43.6 Å². The number of ether oxygens (including phenoxy) is 3. The summed E-state index contributed by atoms with van der Waals surface area (Å²) < 4.78 is 17.7. The van der Waals surface area contributed by atoms with Crippen LogP contribution < -0.4 is 0 Å². The second kappa shape index (κ2) is 10.2. The Morgan fingerprint density at radius 3 is 2.49 bits per heavy atom. The van der Waals surface area contributed by atoms with Crippen molar-refractivity contribution in [2.45, 2.75) is 94.9 Å². The molecule has 4 saturated carbocycles. The molecule has 5 fully saturated rings. The maximum atomic E-state index is 13.6.